The molecule has 0 amide bonds. The van der Waals surface area contributed by atoms with Gasteiger partial charge in [-0.1, -0.05) is 13.3 Å². The van der Waals surface area contributed by atoms with Crippen LogP contribution in [0, 0.1) is 0 Å². The Balaban J connectivity index is 2.39. The Labute approximate surface area is 78.7 Å². The molecule has 0 bridgehead atoms. The van der Waals surface area contributed by atoms with E-state index in [9.17, 15) is 4.79 Å². The molecule has 76 valence electrons. The van der Waals surface area contributed by atoms with E-state index in [-0.39, 0.29) is 0 Å². The Morgan fingerprint density at radius 1 is 1.69 bits per heavy atom. The summed E-state index contributed by atoms with van der Waals surface area (Å²) < 4.78 is 0. The van der Waals surface area contributed by atoms with Gasteiger partial charge in [-0.3, -0.25) is 4.79 Å². The van der Waals surface area contributed by atoms with Crippen LogP contribution < -0.4 is 5.73 Å². The number of carboxylic acids is 1. The first kappa shape index (κ1) is 10.5. The number of nitrogens with two attached hydrogens (primary N) is 1. The van der Waals surface area contributed by atoms with Gasteiger partial charge in [0.25, 0.3) is 0 Å². The number of rotatable bonds is 4. The molecule has 1 heterocycles. The van der Waals surface area contributed by atoms with Crippen molar-refractivity contribution in [1.29, 1.82) is 0 Å². The second-order valence-corrected chi connectivity index (χ2v) is 3.84. The van der Waals surface area contributed by atoms with Crippen molar-refractivity contribution in [3.63, 3.8) is 0 Å². The van der Waals surface area contributed by atoms with Gasteiger partial charge < -0.3 is 15.7 Å². The summed E-state index contributed by atoms with van der Waals surface area (Å²) >= 11 is 0. The van der Waals surface area contributed by atoms with E-state index in [1.807, 2.05) is 0 Å². The minimum atomic E-state index is -0.992. The molecular weight excluding hydrogens is 168 g/mol. The first-order chi connectivity index (χ1) is 6.08. The lowest BCUT2D eigenvalue weighted by molar-refractivity contribution is -0.142. The second kappa shape index (κ2) is 4.07. The van der Waals surface area contributed by atoms with E-state index in [1.165, 1.54) is 0 Å². The number of hydrogen-bond acceptors (Lipinski definition) is 3. The number of likely N-dealkylation sites (tertiary alicyclic amines) is 1. The molecule has 0 spiro atoms. The molecular formula is C9H18N2O2. The van der Waals surface area contributed by atoms with Gasteiger partial charge in [-0.25, -0.2) is 0 Å². The second-order valence-electron chi connectivity index (χ2n) is 3.84. The molecule has 1 unspecified atom stereocenters. The number of hydrogen-bond donors (Lipinski definition) is 2. The number of aliphatic carboxylic acids is 1. The number of unbranched alkanes of at least 4 members (excludes halogenated alkanes) is 1. The van der Waals surface area contributed by atoms with Gasteiger partial charge in [0.05, 0.1) is 0 Å². The van der Waals surface area contributed by atoms with Crippen molar-refractivity contribution in [1.82, 2.24) is 4.90 Å². The van der Waals surface area contributed by atoms with Crippen LogP contribution in [0.3, 0.4) is 0 Å². The van der Waals surface area contributed by atoms with Gasteiger partial charge in [0.2, 0.25) is 0 Å². The molecule has 0 aliphatic carbocycles. The molecule has 3 N–H and O–H groups in total. The van der Waals surface area contributed by atoms with E-state index in [2.05, 4.69) is 11.8 Å². The van der Waals surface area contributed by atoms with Gasteiger partial charge in [-0.05, 0) is 19.4 Å². The van der Waals surface area contributed by atoms with Gasteiger partial charge in [0.1, 0.15) is 5.54 Å². The summed E-state index contributed by atoms with van der Waals surface area (Å²) in [5.41, 5.74) is 4.73. The fourth-order valence-corrected chi connectivity index (χ4v) is 1.66. The Morgan fingerprint density at radius 2 is 2.38 bits per heavy atom. The van der Waals surface area contributed by atoms with Crippen molar-refractivity contribution in [2.75, 3.05) is 19.6 Å². The van der Waals surface area contributed by atoms with Crippen molar-refractivity contribution < 1.29 is 9.90 Å². The Hall–Kier alpha value is -0.610. The highest BCUT2D eigenvalue weighted by molar-refractivity contribution is 5.79. The predicted molar refractivity (Wildman–Crippen MR) is 50.5 cm³/mol. The highest BCUT2D eigenvalue weighted by atomic mass is 16.4. The monoisotopic (exact) mass is 186 g/mol. The third-order valence-electron chi connectivity index (χ3n) is 2.63. The smallest absolute Gasteiger partial charge is 0.325 e. The average molecular weight is 186 g/mol. The quantitative estimate of drug-likeness (QED) is 0.661. The first-order valence-corrected chi connectivity index (χ1v) is 4.83. The third kappa shape index (κ3) is 2.42. The molecule has 1 fully saturated rings. The first-order valence-electron chi connectivity index (χ1n) is 4.83. The summed E-state index contributed by atoms with van der Waals surface area (Å²) in [5, 5.41) is 8.86. The Bertz CT molecular complexity index is 196. The maximum atomic E-state index is 10.8. The maximum absolute atomic E-state index is 10.8. The highest BCUT2D eigenvalue weighted by Crippen LogP contribution is 2.19. The van der Waals surface area contributed by atoms with Crippen LogP contribution in [0.15, 0.2) is 0 Å². The molecule has 1 atom stereocenters. The summed E-state index contributed by atoms with van der Waals surface area (Å²) in [7, 11) is 0. The van der Waals surface area contributed by atoms with E-state index >= 15 is 0 Å². The summed E-state index contributed by atoms with van der Waals surface area (Å²) in [6.45, 7) is 4.43. The topological polar surface area (TPSA) is 66.6 Å². The number of carbonyl (C=O) groups is 1. The molecule has 0 radical (unpaired) electrons. The molecule has 0 aromatic rings. The van der Waals surface area contributed by atoms with E-state index in [0.717, 1.165) is 25.9 Å². The molecule has 1 aliphatic heterocycles. The summed E-state index contributed by atoms with van der Waals surface area (Å²) in [6, 6.07) is 0. The molecule has 1 saturated heterocycles. The molecule has 1 aliphatic rings. The minimum absolute atomic E-state index is 0.502. The molecule has 0 aromatic carbocycles. The van der Waals surface area contributed by atoms with E-state index in [0.29, 0.717) is 13.0 Å². The zero-order valence-electron chi connectivity index (χ0n) is 8.12. The number of nitrogens with zero attached hydrogens (tertiary/aromatic N) is 1. The third-order valence-corrected chi connectivity index (χ3v) is 2.63. The molecule has 1 rings (SSSR count). The lowest BCUT2D eigenvalue weighted by Gasteiger charge is -2.19. The van der Waals surface area contributed by atoms with Crippen molar-refractivity contribution in [2.45, 2.75) is 31.7 Å². The lowest BCUT2D eigenvalue weighted by atomic mass is 10.0. The van der Waals surface area contributed by atoms with Crippen LogP contribution in [0.2, 0.25) is 0 Å². The molecule has 13 heavy (non-hydrogen) atoms. The SMILES string of the molecule is CCCCN1CCC(N)(C(=O)O)C1. The van der Waals surface area contributed by atoms with Crippen LogP contribution in [0.1, 0.15) is 26.2 Å². The standard InChI is InChI=1S/C9H18N2O2/c1-2-3-5-11-6-4-9(10,7-11)8(12)13/h2-7,10H2,1H3,(H,12,13). The van der Waals surface area contributed by atoms with Crippen LogP contribution >= 0.6 is 0 Å². The molecule has 0 aromatic heterocycles. The zero-order chi connectivity index (χ0) is 9.90. The largest absolute Gasteiger partial charge is 0.480 e. The zero-order valence-corrected chi connectivity index (χ0v) is 8.12. The van der Waals surface area contributed by atoms with Crippen LogP contribution in [0.25, 0.3) is 0 Å². The molecule has 0 saturated carbocycles. The van der Waals surface area contributed by atoms with Crippen molar-refractivity contribution in [3.05, 3.63) is 0 Å². The fraction of sp³-hybridized carbons (Fsp3) is 0.889. The van der Waals surface area contributed by atoms with Gasteiger partial charge in [-0.15, -0.1) is 0 Å². The summed E-state index contributed by atoms with van der Waals surface area (Å²) in [6.07, 6.45) is 2.84. The van der Waals surface area contributed by atoms with Gasteiger partial charge >= 0.3 is 5.97 Å². The van der Waals surface area contributed by atoms with Crippen LogP contribution in [0.4, 0.5) is 0 Å². The number of carboxylic acid groups (broad SMARTS) is 1. The normalized spacial score (nSPS) is 29.4. The molecule has 4 nitrogen and oxygen atoms in total. The van der Waals surface area contributed by atoms with Gasteiger partial charge in [0.15, 0.2) is 0 Å². The minimum Gasteiger partial charge on any atom is -0.480 e. The van der Waals surface area contributed by atoms with Crippen molar-refractivity contribution in [2.24, 2.45) is 5.73 Å². The molecule has 4 heteroatoms. The van der Waals surface area contributed by atoms with Crippen molar-refractivity contribution >= 4 is 5.97 Å². The van der Waals surface area contributed by atoms with Crippen LogP contribution in [0.5, 0.6) is 0 Å². The summed E-state index contributed by atoms with van der Waals surface area (Å²) in [4.78, 5) is 12.9. The van der Waals surface area contributed by atoms with Gasteiger partial charge in [0, 0.05) is 13.1 Å². The van der Waals surface area contributed by atoms with E-state index in [4.69, 9.17) is 10.8 Å². The highest BCUT2D eigenvalue weighted by Gasteiger charge is 2.40. The lowest BCUT2D eigenvalue weighted by Crippen LogP contribution is -2.50. The Kier molecular flexibility index (Phi) is 3.27. The van der Waals surface area contributed by atoms with Crippen LogP contribution in [-0.2, 0) is 4.79 Å². The van der Waals surface area contributed by atoms with Gasteiger partial charge in [-0.2, -0.15) is 0 Å². The average Bonchev–Trinajstić information content (AvgIpc) is 2.45. The maximum Gasteiger partial charge on any atom is 0.325 e. The van der Waals surface area contributed by atoms with E-state index < -0.39 is 11.5 Å². The fourth-order valence-electron chi connectivity index (χ4n) is 1.66. The van der Waals surface area contributed by atoms with E-state index in [1.54, 1.807) is 0 Å². The Morgan fingerprint density at radius 3 is 2.85 bits per heavy atom. The summed E-state index contributed by atoms with van der Waals surface area (Å²) in [5.74, 6) is -0.869. The van der Waals surface area contributed by atoms with Crippen LogP contribution in [-0.4, -0.2) is 41.1 Å². The predicted octanol–water partition coefficient (Wildman–Crippen LogP) is 0.274. The van der Waals surface area contributed by atoms with Crippen molar-refractivity contribution in [3.8, 4) is 0 Å².